The SMILES string of the molecule is CC(C)CCS(=O)(=O)CC1CCCCN1. The van der Waals surface area contributed by atoms with Crippen LogP contribution in [-0.2, 0) is 9.84 Å². The molecule has 0 saturated carbocycles. The quantitative estimate of drug-likeness (QED) is 0.784. The second kappa shape index (κ2) is 5.85. The van der Waals surface area contributed by atoms with E-state index in [1.165, 1.54) is 6.42 Å². The van der Waals surface area contributed by atoms with Gasteiger partial charge in [0.25, 0.3) is 0 Å². The molecule has 0 spiro atoms. The second-order valence-electron chi connectivity index (χ2n) is 4.94. The van der Waals surface area contributed by atoms with Crippen LogP contribution in [0.2, 0.25) is 0 Å². The van der Waals surface area contributed by atoms with Gasteiger partial charge in [-0.15, -0.1) is 0 Å². The van der Waals surface area contributed by atoms with Gasteiger partial charge in [-0.2, -0.15) is 0 Å². The molecular formula is C11H23NO2S. The Balaban J connectivity index is 2.34. The second-order valence-corrected chi connectivity index (χ2v) is 7.17. The lowest BCUT2D eigenvalue weighted by molar-refractivity contribution is 0.423. The van der Waals surface area contributed by atoms with Gasteiger partial charge in [0.05, 0.1) is 11.5 Å². The van der Waals surface area contributed by atoms with Gasteiger partial charge in [0.15, 0.2) is 9.84 Å². The zero-order valence-corrected chi connectivity index (χ0v) is 10.6. The molecule has 1 atom stereocenters. The molecule has 1 N–H and O–H groups in total. The maximum Gasteiger partial charge on any atom is 0.151 e. The summed E-state index contributed by atoms with van der Waals surface area (Å²) in [6, 6.07) is 0.205. The van der Waals surface area contributed by atoms with Crippen LogP contribution < -0.4 is 5.32 Å². The average molecular weight is 233 g/mol. The monoisotopic (exact) mass is 233 g/mol. The molecule has 4 heteroatoms. The summed E-state index contributed by atoms with van der Waals surface area (Å²) < 4.78 is 23.5. The summed E-state index contributed by atoms with van der Waals surface area (Å²) in [4.78, 5) is 0. The van der Waals surface area contributed by atoms with Gasteiger partial charge < -0.3 is 5.32 Å². The smallest absolute Gasteiger partial charge is 0.151 e. The zero-order chi connectivity index (χ0) is 11.3. The van der Waals surface area contributed by atoms with Gasteiger partial charge in [-0.25, -0.2) is 8.42 Å². The van der Waals surface area contributed by atoms with Gasteiger partial charge in [0, 0.05) is 6.04 Å². The van der Waals surface area contributed by atoms with Crippen LogP contribution in [0.15, 0.2) is 0 Å². The van der Waals surface area contributed by atoms with Crippen molar-refractivity contribution in [3.8, 4) is 0 Å². The van der Waals surface area contributed by atoms with Gasteiger partial charge in [-0.05, 0) is 31.7 Å². The molecule has 1 rings (SSSR count). The predicted octanol–water partition coefficient (Wildman–Crippen LogP) is 1.59. The third-order valence-electron chi connectivity index (χ3n) is 2.87. The van der Waals surface area contributed by atoms with Crippen LogP contribution in [0.1, 0.15) is 39.5 Å². The Kier molecular flexibility index (Phi) is 5.06. The van der Waals surface area contributed by atoms with Gasteiger partial charge in [0.1, 0.15) is 0 Å². The number of hydrogen-bond donors (Lipinski definition) is 1. The van der Waals surface area contributed by atoms with E-state index in [9.17, 15) is 8.42 Å². The molecule has 0 amide bonds. The largest absolute Gasteiger partial charge is 0.313 e. The van der Waals surface area contributed by atoms with E-state index in [2.05, 4.69) is 19.2 Å². The Morgan fingerprint density at radius 3 is 2.60 bits per heavy atom. The maximum absolute atomic E-state index is 11.8. The first-order valence-electron chi connectivity index (χ1n) is 5.93. The van der Waals surface area contributed by atoms with Gasteiger partial charge in [-0.3, -0.25) is 0 Å². The minimum atomic E-state index is -2.84. The van der Waals surface area contributed by atoms with E-state index in [0.29, 0.717) is 17.4 Å². The Hall–Kier alpha value is -0.0900. The first-order valence-corrected chi connectivity index (χ1v) is 7.75. The molecule has 1 saturated heterocycles. The number of sulfone groups is 1. The molecule has 0 aromatic heterocycles. The molecule has 0 radical (unpaired) electrons. The van der Waals surface area contributed by atoms with Crippen molar-refractivity contribution in [2.24, 2.45) is 5.92 Å². The lowest BCUT2D eigenvalue weighted by Gasteiger charge is -2.23. The van der Waals surface area contributed by atoms with Crippen molar-refractivity contribution in [1.29, 1.82) is 0 Å². The lowest BCUT2D eigenvalue weighted by Crippen LogP contribution is -2.39. The minimum Gasteiger partial charge on any atom is -0.313 e. The van der Waals surface area contributed by atoms with Crippen molar-refractivity contribution >= 4 is 9.84 Å². The lowest BCUT2D eigenvalue weighted by atomic mass is 10.1. The summed E-state index contributed by atoms with van der Waals surface area (Å²) in [7, 11) is -2.84. The molecule has 1 aliphatic rings. The van der Waals surface area contributed by atoms with Crippen LogP contribution in [0.4, 0.5) is 0 Å². The Bertz CT molecular complexity index is 266. The van der Waals surface area contributed by atoms with Crippen LogP contribution in [0, 0.1) is 5.92 Å². The normalized spacial score (nSPS) is 23.3. The Morgan fingerprint density at radius 1 is 1.33 bits per heavy atom. The predicted molar refractivity (Wildman–Crippen MR) is 63.8 cm³/mol. The fraction of sp³-hybridized carbons (Fsp3) is 1.00. The third kappa shape index (κ3) is 5.52. The van der Waals surface area contributed by atoms with E-state index in [-0.39, 0.29) is 6.04 Å². The summed E-state index contributed by atoms with van der Waals surface area (Å²) >= 11 is 0. The fourth-order valence-electron chi connectivity index (χ4n) is 1.87. The molecule has 1 heterocycles. The molecule has 0 aromatic rings. The number of nitrogens with one attached hydrogen (secondary N) is 1. The molecular weight excluding hydrogens is 210 g/mol. The van der Waals surface area contributed by atoms with E-state index in [4.69, 9.17) is 0 Å². The van der Waals surface area contributed by atoms with E-state index in [1.54, 1.807) is 0 Å². The zero-order valence-electron chi connectivity index (χ0n) is 9.83. The molecule has 0 aliphatic carbocycles. The van der Waals surface area contributed by atoms with E-state index >= 15 is 0 Å². The van der Waals surface area contributed by atoms with Crippen molar-refractivity contribution in [2.45, 2.75) is 45.6 Å². The molecule has 0 aromatic carbocycles. The van der Waals surface area contributed by atoms with Crippen molar-refractivity contribution in [2.75, 3.05) is 18.1 Å². The molecule has 15 heavy (non-hydrogen) atoms. The maximum atomic E-state index is 11.8. The van der Waals surface area contributed by atoms with Crippen molar-refractivity contribution in [3.63, 3.8) is 0 Å². The molecule has 3 nitrogen and oxygen atoms in total. The van der Waals surface area contributed by atoms with Gasteiger partial charge >= 0.3 is 0 Å². The van der Waals surface area contributed by atoms with Crippen LogP contribution in [0.5, 0.6) is 0 Å². The Morgan fingerprint density at radius 2 is 2.07 bits per heavy atom. The summed E-state index contributed by atoms with van der Waals surface area (Å²) in [5.41, 5.74) is 0. The molecule has 90 valence electrons. The summed E-state index contributed by atoms with van der Waals surface area (Å²) in [5.74, 6) is 1.15. The van der Waals surface area contributed by atoms with Crippen molar-refractivity contribution < 1.29 is 8.42 Å². The first kappa shape index (κ1) is 13.0. The number of hydrogen-bond acceptors (Lipinski definition) is 3. The highest BCUT2D eigenvalue weighted by atomic mass is 32.2. The first-order chi connectivity index (χ1) is 6.99. The van der Waals surface area contributed by atoms with Crippen LogP contribution >= 0.6 is 0 Å². The fourth-order valence-corrected chi connectivity index (χ4v) is 3.77. The summed E-state index contributed by atoms with van der Waals surface area (Å²) in [5, 5.41) is 3.28. The van der Waals surface area contributed by atoms with Gasteiger partial charge in [0.2, 0.25) is 0 Å². The standard InChI is InChI=1S/C11H23NO2S/c1-10(2)6-8-15(13,14)9-11-5-3-4-7-12-11/h10-12H,3-9H2,1-2H3. The molecule has 1 fully saturated rings. The molecule has 1 aliphatic heterocycles. The number of rotatable bonds is 5. The van der Waals surface area contributed by atoms with Crippen LogP contribution in [0.25, 0.3) is 0 Å². The number of piperidine rings is 1. The third-order valence-corrected chi connectivity index (χ3v) is 4.64. The van der Waals surface area contributed by atoms with Crippen LogP contribution in [-0.4, -0.2) is 32.5 Å². The van der Waals surface area contributed by atoms with Gasteiger partial charge in [-0.1, -0.05) is 20.3 Å². The van der Waals surface area contributed by atoms with E-state index < -0.39 is 9.84 Å². The summed E-state index contributed by atoms with van der Waals surface area (Å²) in [6.45, 7) is 5.10. The highest BCUT2D eigenvalue weighted by molar-refractivity contribution is 7.91. The highest BCUT2D eigenvalue weighted by Crippen LogP contribution is 2.11. The Labute approximate surface area is 93.6 Å². The van der Waals surface area contributed by atoms with Crippen molar-refractivity contribution in [1.82, 2.24) is 5.32 Å². The van der Waals surface area contributed by atoms with E-state index in [1.807, 2.05) is 0 Å². The van der Waals surface area contributed by atoms with Crippen molar-refractivity contribution in [3.05, 3.63) is 0 Å². The summed E-state index contributed by atoms with van der Waals surface area (Å²) in [6.07, 6.45) is 4.15. The topological polar surface area (TPSA) is 46.2 Å². The minimum absolute atomic E-state index is 0.205. The van der Waals surface area contributed by atoms with E-state index in [0.717, 1.165) is 25.8 Å². The highest BCUT2D eigenvalue weighted by Gasteiger charge is 2.20. The average Bonchev–Trinajstić information content (AvgIpc) is 2.16. The molecule has 1 unspecified atom stereocenters. The molecule has 0 bridgehead atoms. The van der Waals surface area contributed by atoms with Crippen LogP contribution in [0.3, 0.4) is 0 Å².